The topological polar surface area (TPSA) is 43.4 Å². The molecule has 1 aliphatic rings. The molecular weight excluding hydrogens is 391 g/mol. The van der Waals surface area contributed by atoms with E-state index < -0.39 is 11.4 Å². The first-order valence-electron chi connectivity index (χ1n) is 7.51. The molecule has 2 rings (SSSR count). The fourth-order valence-corrected chi connectivity index (χ4v) is 3.64. The minimum atomic E-state index is -1.07. The third-order valence-electron chi connectivity index (χ3n) is 4.35. The van der Waals surface area contributed by atoms with Gasteiger partial charge in [0.15, 0.2) is 5.78 Å². The largest absolute Gasteiger partial charge is 0.468 e. The highest BCUT2D eigenvalue weighted by Gasteiger charge is 2.46. The predicted molar refractivity (Wildman–Crippen MR) is 94.5 cm³/mol. The van der Waals surface area contributed by atoms with Crippen molar-refractivity contribution in [2.24, 2.45) is 5.41 Å². The summed E-state index contributed by atoms with van der Waals surface area (Å²) in [6.45, 7) is 3.97. The standard InChI is InChI=1S/C18H21IO3/c1-13-7-5-6-10-18(16(20)11-13,17(21)22-2)12-14-8-3-4-9-15(14)19/h3-4,8-9H,1,5-7,10-12H2,2H3. The first-order valence-corrected chi connectivity index (χ1v) is 8.59. The van der Waals surface area contributed by atoms with Crippen LogP contribution in [0, 0.1) is 8.99 Å². The maximum absolute atomic E-state index is 12.9. The summed E-state index contributed by atoms with van der Waals surface area (Å²) in [6.07, 6.45) is 3.91. The molecule has 0 aliphatic heterocycles. The molecular formula is C18H21IO3. The molecule has 22 heavy (non-hydrogen) atoms. The number of ether oxygens (including phenoxy) is 1. The van der Waals surface area contributed by atoms with Crippen molar-refractivity contribution >= 4 is 34.3 Å². The Balaban J connectivity index is 2.42. The number of halogens is 1. The second kappa shape index (κ2) is 7.40. The molecule has 0 heterocycles. The summed E-state index contributed by atoms with van der Waals surface area (Å²) in [5.74, 6) is -0.462. The fourth-order valence-electron chi connectivity index (χ4n) is 3.06. The van der Waals surface area contributed by atoms with Gasteiger partial charge in [-0.1, -0.05) is 36.8 Å². The van der Waals surface area contributed by atoms with Gasteiger partial charge < -0.3 is 4.74 Å². The van der Waals surface area contributed by atoms with Gasteiger partial charge in [-0.15, -0.1) is 0 Å². The average Bonchev–Trinajstić information content (AvgIpc) is 2.50. The molecule has 4 heteroatoms. The monoisotopic (exact) mass is 412 g/mol. The van der Waals surface area contributed by atoms with Crippen LogP contribution in [-0.2, 0) is 20.7 Å². The number of hydrogen-bond donors (Lipinski definition) is 0. The summed E-state index contributed by atoms with van der Waals surface area (Å²) in [4.78, 5) is 25.4. The van der Waals surface area contributed by atoms with E-state index in [9.17, 15) is 9.59 Å². The number of allylic oxidation sites excluding steroid dienone is 1. The van der Waals surface area contributed by atoms with Crippen LogP contribution in [0.15, 0.2) is 36.4 Å². The highest BCUT2D eigenvalue weighted by molar-refractivity contribution is 14.1. The van der Waals surface area contributed by atoms with Crippen molar-refractivity contribution in [2.45, 2.75) is 38.5 Å². The van der Waals surface area contributed by atoms with Crippen molar-refractivity contribution in [3.05, 3.63) is 45.6 Å². The molecule has 0 aromatic heterocycles. The number of esters is 1. The number of ketones is 1. The molecule has 1 fully saturated rings. The SMILES string of the molecule is C=C1CCCCC(Cc2ccccc2I)(C(=O)OC)C(=O)C1. The number of benzene rings is 1. The van der Waals surface area contributed by atoms with Gasteiger partial charge in [-0.25, -0.2) is 0 Å². The predicted octanol–water partition coefficient (Wildman–Crippen LogP) is 4.08. The molecule has 1 aliphatic carbocycles. The second-order valence-corrected chi connectivity index (χ2v) is 7.06. The number of carbonyl (C=O) groups is 2. The molecule has 0 saturated heterocycles. The summed E-state index contributed by atoms with van der Waals surface area (Å²) < 4.78 is 6.08. The minimum Gasteiger partial charge on any atom is -0.468 e. The van der Waals surface area contributed by atoms with E-state index in [0.717, 1.165) is 34.0 Å². The van der Waals surface area contributed by atoms with E-state index >= 15 is 0 Å². The smallest absolute Gasteiger partial charge is 0.319 e. The lowest BCUT2D eigenvalue weighted by atomic mass is 9.70. The van der Waals surface area contributed by atoms with Gasteiger partial charge >= 0.3 is 5.97 Å². The molecule has 1 unspecified atom stereocenters. The molecule has 0 radical (unpaired) electrons. The van der Waals surface area contributed by atoms with Crippen molar-refractivity contribution < 1.29 is 14.3 Å². The summed E-state index contributed by atoms with van der Waals surface area (Å²) in [5.41, 5.74) is 0.869. The van der Waals surface area contributed by atoms with Crippen molar-refractivity contribution in [2.75, 3.05) is 7.11 Å². The molecule has 1 saturated carbocycles. The van der Waals surface area contributed by atoms with Crippen molar-refractivity contribution in [1.82, 2.24) is 0 Å². The molecule has 0 amide bonds. The Hall–Kier alpha value is -1.17. The van der Waals surface area contributed by atoms with Crippen LogP contribution in [0.3, 0.4) is 0 Å². The third-order valence-corrected chi connectivity index (χ3v) is 5.41. The third kappa shape index (κ3) is 3.59. The zero-order valence-electron chi connectivity index (χ0n) is 12.9. The highest BCUT2D eigenvalue weighted by atomic mass is 127. The van der Waals surface area contributed by atoms with Gasteiger partial charge in [-0.05, 0) is 59.9 Å². The summed E-state index contributed by atoms with van der Waals surface area (Å²) in [5, 5.41) is 0. The van der Waals surface area contributed by atoms with Crippen molar-refractivity contribution in [1.29, 1.82) is 0 Å². The highest BCUT2D eigenvalue weighted by Crippen LogP contribution is 2.38. The van der Waals surface area contributed by atoms with Gasteiger partial charge in [-0.2, -0.15) is 0 Å². The lowest BCUT2D eigenvalue weighted by Crippen LogP contribution is -2.43. The van der Waals surface area contributed by atoms with Crippen LogP contribution in [0.25, 0.3) is 0 Å². The Morgan fingerprint density at radius 2 is 2.09 bits per heavy atom. The van der Waals surface area contributed by atoms with Crippen LogP contribution in [-0.4, -0.2) is 18.9 Å². The Kier molecular flexibility index (Phi) is 5.78. The van der Waals surface area contributed by atoms with E-state index in [-0.39, 0.29) is 12.2 Å². The molecule has 3 nitrogen and oxygen atoms in total. The molecule has 0 bridgehead atoms. The van der Waals surface area contributed by atoms with Crippen molar-refractivity contribution in [3.8, 4) is 0 Å². The second-order valence-electron chi connectivity index (χ2n) is 5.90. The van der Waals surface area contributed by atoms with Crippen LogP contribution in [0.5, 0.6) is 0 Å². The number of carbonyl (C=O) groups excluding carboxylic acids is 2. The first kappa shape index (κ1) is 17.2. The van der Waals surface area contributed by atoms with Crippen LogP contribution in [0.1, 0.15) is 37.7 Å². The van der Waals surface area contributed by atoms with E-state index in [1.165, 1.54) is 7.11 Å². The van der Waals surface area contributed by atoms with Crippen LogP contribution >= 0.6 is 22.6 Å². The Bertz CT molecular complexity index is 594. The van der Waals surface area contributed by atoms with Gasteiger partial charge in [0.25, 0.3) is 0 Å². The zero-order chi connectivity index (χ0) is 16.2. The summed E-state index contributed by atoms with van der Waals surface area (Å²) in [7, 11) is 1.36. The van der Waals surface area contributed by atoms with Gasteiger partial charge in [-0.3, -0.25) is 9.59 Å². The molecule has 0 N–H and O–H groups in total. The Labute approximate surface area is 145 Å². The number of methoxy groups -OCH3 is 1. The van der Waals surface area contributed by atoms with E-state index in [1.54, 1.807) is 0 Å². The Morgan fingerprint density at radius 1 is 1.36 bits per heavy atom. The van der Waals surface area contributed by atoms with Gasteiger partial charge in [0.2, 0.25) is 0 Å². The van der Waals surface area contributed by atoms with E-state index in [4.69, 9.17) is 4.74 Å². The molecule has 118 valence electrons. The molecule has 1 atom stereocenters. The van der Waals surface area contributed by atoms with E-state index in [0.29, 0.717) is 12.8 Å². The van der Waals surface area contributed by atoms with Gasteiger partial charge in [0.1, 0.15) is 5.41 Å². The Morgan fingerprint density at radius 3 is 2.77 bits per heavy atom. The average molecular weight is 412 g/mol. The number of rotatable bonds is 3. The number of Topliss-reactive ketones (excluding diaryl/α,β-unsaturated/α-hetero) is 1. The van der Waals surface area contributed by atoms with E-state index in [1.807, 2.05) is 24.3 Å². The minimum absolute atomic E-state index is 0.0521. The van der Waals surface area contributed by atoms with Crippen LogP contribution < -0.4 is 0 Å². The fraction of sp³-hybridized carbons (Fsp3) is 0.444. The zero-order valence-corrected chi connectivity index (χ0v) is 15.0. The normalized spacial score (nSPS) is 22.8. The van der Waals surface area contributed by atoms with Crippen molar-refractivity contribution in [3.63, 3.8) is 0 Å². The van der Waals surface area contributed by atoms with E-state index in [2.05, 4.69) is 29.2 Å². The quantitative estimate of drug-likeness (QED) is 0.325. The first-order chi connectivity index (χ1) is 10.5. The summed E-state index contributed by atoms with van der Waals surface area (Å²) in [6, 6.07) is 7.87. The summed E-state index contributed by atoms with van der Waals surface area (Å²) >= 11 is 2.25. The molecule has 0 spiro atoms. The van der Waals surface area contributed by atoms with Crippen LogP contribution in [0.4, 0.5) is 0 Å². The van der Waals surface area contributed by atoms with Gasteiger partial charge in [0, 0.05) is 9.99 Å². The molecule has 1 aromatic carbocycles. The van der Waals surface area contributed by atoms with Crippen LogP contribution in [0.2, 0.25) is 0 Å². The lowest BCUT2D eigenvalue weighted by Gasteiger charge is -2.32. The number of hydrogen-bond acceptors (Lipinski definition) is 3. The lowest BCUT2D eigenvalue weighted by molar-refractivity contribution is -0.158. The van der Waals surface area contributed by atoms with Gasteiger partial charge in [0.05, 0.1) is 7.11 Å². The maximum atomic E-state index is 12.9. The maximum Gasteiger partial charge on any atom is 0.319 e. The molecule has 1 aromatic rings.